The molecule has 1 spiro atoms. The minimum atomic E-state index is -0.700. The first-order chi connectivity index (χ1) is 8.52. The summed E-state index contributed by atoms with van der Waals surface area (Å²) in [7, 11) is 0. The molecular formula is C12H12BrF2NO2. The average molecular weight is 320 g/mol. The lowest BCUT2D eigenvalue weighted by molar-refractivity contribution is 0.0607. The van der Waals surface area contributed by atoms with Crippen LogP contribution in [0.25, 0.3) is 0 Å². The van der Waals surface area contributed by atoms with Gasteiger partial charge >= 0.3 is 0 Å². The van der Waals surface area contributed by atoms with Crippen LogP contribution in [0.4, 0.5) is 14.5 Å². The molecule has 0 aromatic heterocycles. The van der Waals surface area contributed by atoms with E-state index in [1.54, 1.807) is 0 Å². The molecule has 2 fully saturated rings. The molecule has 2 heterocycles. The molecule has 0 radical (unpaired) electrons. The van der Waals surface area contributed by atoms with Gasteiger partial charge in [-0.15, -0.1) is 0 Å². The van der Waals surface area contributed by atoms with Crippen LogP contribution in [0.5, 0.6) is 0 Å². The number of epoxide rings is 1. The molecular weight excluding hydrogens is 308 g/mol. The lowest BCUT2D eigenvalue weighted by Gasteiger charge is -2.36. The standard InChI is InChI=1S/C12H12BrF2NO2/c13-7-3-8(14)11(9(15)4-7)16-2-1-12(6-18-12)10(17)5-16/h3-4,10,17H,1-2,5-6H2. The first-order valence-corrected chi connectivity index (χ1v) is 6.53. The zero-order chi connectivity index (χ0) is 12.9. The third-order valence-electron chi connectivity index (χ3n) is 3.62. The Morgan fingerprint density at radius 2 is 2.00 bits per heavy atom. The smallest absolute Gasteiger partial charge is 0.150 e. The molecule has 0 aliphatic carbocycles. The van der Waals surface area contributed by atoms with Gasteiger partial charge in [-0.3, -0.25) is 0 Å². The number of β-amino-alcohol motifs (C(OH)–C–C–N with tert-alkyl or cyclic N) is 1. The van der Waals surface area contributed by atoms with Crippen LogP contribution in [0, 0.1) is 11.6 Å². The quantitative estimate of drug-likeness (QED) is 0.805. The molecule has 2 atom stereocenters. The van der Waals surface area contributed by atoms with E-state index in [1.165, 1.54) is 17.0 Å². The summed E-state index contributed by atoms with van der Waals surface area (Å²) < 4.78 is 33.2. The highest BCUT2D eigenvalue weighted by atomic mass is 79.9. The highest BCUT2D eigenvalue weighted by Gasteiger charge is 2.54. The minimum Gasteiger partial charge on any atom is -0.388 e. The number of nitrogens with zero attached hydrogens (tertiary/aromatic N) is 1. The van der Waals surface area contributed by atoms with Crippen molar-refractivity contribution in [3.05, 3.63) is 28.2 Å². The van der Waals surface area contributed by atoms with Gasteiger partial charge in [-0.1, -0.05) is 15.9 Å². The molecule has 2 saturated heterocycles. The van der Waals surface area contributed by atoms with Gasteiger partial charge < -0.3 is 14.7 Å². The fraction of sp³-hybridized carbons (Fsp3) is 0.500. The lowest BCUT2D eigenvalue weighted by Crippen LogP contribution is -2.49. The number of rotatable bonds is 1. The number of aliphatic hydroxyl groups excluding tert-OH is 1. The molecule has 2 aliphatic rings. The largest absolute Gasteiger partial charge is 0.388 e. The van der Waals surface area contributed by atoms with Crippen LogP contribution in [0.15, 0.2) is 16.6 Å². The molecule has 0 amide bonds. The Morgan fingerprint density at radius 1 is 1.39 bits per heavy atom. The van der Waals surface area contributed by atoms with Crippen molar-refractivity contribution >= 4 is 21.6 Å². The van der Waals surface area contributed by atoms with Crippen LogP contribution >= 0.6 is 15.9 Å². The van der Waals surface area contributed by atoms with Crippen LogP contribution in [-0.4, -0.2) is 36.5 Å². The van der Waals surface area contributed by atoms with Gasteiger partial charge in [0.1, 0.15) is 17.4 Å². The Balaban J connectivity index is 1.87. The van der Waals surface area contributed by atoms with Gasteiger partial charge in [0.15, 0.2) is 11.6 Å². The van der Waals surface area contributed by atoms with Crippen LogP contribution < -0.4 is 4.90 Å². The molecule has 2 aliphatic heterocycles. The molecule has 3 nitrogen and oxygen atoms in total. The number of aliphatic hydroxyl groups is 1. The summed E-state index contributed by atoms with van der Waals surface area (Å²) in [5.41, 5.74) is -0.536. The lowest BCUT2D eigenvalue weighted by atomic mass is 9.94. The normalized spacial score (nSPS) is 30.9. The number of piperidine rings is 1. The van der Waals surface area contributed by atoms with E-state index in [0.717, 1.165) is 0 Å². The topological polar surface area (TPSA) is 36.0 Å². The summed E-state index contributed by atoms with van der Waals surface area (Å²) >= 11 is 3.04. The predicted octanol–water partition coefficient (Wildman–Crippen LogP) is 2.07. The Hall–Kier alpha value is -0.720. The number of hydrogen-bond acceptors (Lipinski definition) is 3. The monoisotopic (exact) mass is 319 g/mol. The van der Waals surface area contributed by atoms with Gasteiger partial charge in [0.25, 0.3) is 0 Å². The maximum absolute atomic E-state index is 13.8. The van der Waals surface area contributed by atoms with Crippen molar-refractivity contribution < 1.29 is 18.6 Å². The molecule has 3 rings (SSSR count). The minimum absolute atomic E-state index is 0.0762. The molecule has 1 aromatic rings. The first kappa shape index (κ1) is 12.3. The summed E-state index contributed by atoms with van der Waals surface area (Å²) in [6.45, 7) is 1.20. The van der Waals surface area contributed by atoms with Crippen molar-refractivity contribution in [3.8, 4) is 0 Å². The maximum Gasteiger partial charge on any atom is 0.150 e. The number of hydrogen-bond donors (Lipinski definition) is 1. The van der Waals surface area contributed by atoms with E-state index >= 15 is 0 Å². The van der Waals surface area contributed by atoms with E-state index in [-0.39, 0.29) is 12.2 Å². The van der Waals surface area contributed by atoms with Gasteiger partial charge in [-0.05, 0) is 18.6 Å². The van der Waals surface area contributed by atoms with Gasteiger partial charge in [-0.25, -0.2) is 8.78 Å². The fourth-order valence-corrected chi connectivity index (χ4v) is 2.83. The van der Waals surface area contributed by atoms with E-state index in [4.69, 9.17) is 4.74 Å². The summed E-state index contributed by atoms with van der Waals surface area (Å²) in [5.74, 6) is -1.25. The van der Waals surface area contributed by atoms with Gasteiger partial charge in [-0.2, -0.15) is 0 Å². The summed E-state index contributed by atoms with van der Waals surface area (Å²) in [4.78, 5) is 1.54. The highest BCUT2D eigenvalue weighted by Crippen LogP contribution is 2.40. The zero-order valence-corrected chi connectivity index (χ0v) is 11.1. The Kier molecular flexibility index (Phi) is 2.84. The van der Waals surface area contributed by atoms with Gasteiger partial charge in [0.05, 0.1) is 6.61 Å². The van der Waals surface area contributed by atoms with Crippen molar-refractivity contribution in [1.82, 2.24) is 0 Å². The van der Waals surface area contributed by atoms with E-state index in [1.807, 2.05) is 0 Å². The Morgan fingerprint density at radius 3 is 2.50 bits per heavy atom. The maximum atomic E-state index is 13.8. The highest BCUT2D eigenvalue weighted by molar-refractivity contribution is 9.10. The SMILES string of the molecule is OC1CN(c2c(F)cc(Br)cc2F)CCC12CO2. The number of anilines is 1. The van der Waals surface area contributed by atoms with Gasteiger partial charge in [0.2, 0.25) is 0 Å². The van der Waals surface area contributed by atoms with E-state index < -0.39 is 23.3 Å². The van der Waals surface area contributed by atoms with E-state index in [9.17, 15) is 13.9 Å². The number of ether oxygens (including phenoxy) is 1. The van der Waals surface area contributed by atoms with Crippen LogP contribution in [0.3, 0.4) is 0 Å². The van der Waals surface area contributed by atoms with E-state index in [0.29, 0.717) is 24.0 Å². The van der Waals surface area contributed by atoms with Crippen molar-refractivity contribution in [2.24, 2.45) is 0 Å². The molecule has 6 heteroatoms. The van der Waals surface area contributed by atoms with Crippen LogP contribution in [-0.2, 0) is 4.74 Å². The third-order valence-corrected chi connectivity index (χ3v) is 4.08. The molecule has 98 valence electrons. The van der Waals surface area contributed by atoms with Crippen LogP contribution in [0.1, 0.15) is 6.42 Å². The number of benzene rings is 1. The summed E-state index contributed by atoms with van der Waals surface area (Å²) in [5, 5.41) is 9.95. The molecule has 18 heavy (non-hydrogen) atoms. The van der Waals surface area contributed by atoms with Crippen molar-refractivity contribution in [3.63, 3.8) is 0 Å². The fourth-order valence-electron chi connectivity index (χ4n) is 2.43. The molecule has 1 aromatic carbocycles. The van der Waals surface area contributed by atoms with Crippen molar-refractivity contribution in [2.45, 2.75) is 18.1 Å². The average Bonchev–Trinajstić information content (AvgIpc) is 3.03. The summed E-state index contributed by atoms with van der Waals surface area (Å²) in [6.07, 6.45) is -0.114. The van der Waals surface area contributed by atoms with Crippen molar-refractivity contribution in [1.29, 1.82) is 0 Å². The van der Waals surface area contributed by atoms with Crippen molar-refractivity contribution in [2.75, 3.05) is 24.6 Å². The number of halogens is 3. The molecule has 0 bridgehead atoms. The van der Waals surface area contributed by atoms with Crippen LogP contribution in [0.2, 0.25) is 0 Å². The predicted molar refractivity (Wildman–Crippen MR) is 65.6 cm³/mol. The van der Waals surface area contributed by atoms with Gasteiger partial charge in [0, 0.05) is 17.6 Å². The second kappa shape index (κ2) is 4.15. The molecule has 1 N–H and O–H groups in total. The van der Waals surface area contributed by atoms with E-state index in [2.05, 4.69) is 15.9 Å². The summed E-state index contributed by atoms with van der Waals surface area (Å²) in [6, 6.07) is 2.45. The Bertz CT molecular complexity index is 470. The molecule has 0 saturated carbocycles. The zero-order valence-electron chi connectivity index (χ0n) is 9.50. The molecule has 2 unspecified atom stereocenters. The first-order valence-electron chi connectivity index (χ1n) is 5.73. The second-order valence-corrected chi connectivity index (χ2v) is 5.70. The second-order valence-electron chi connectivity index (χ2n) is 4.78. The third kappa shape index (κ3) is 1.92. The Labute approximate surface area is 111 Å².